The summed E-state index contributed by atoms with van der Waals surface area (Å²) in [6.45, 7) is 11.4. The van der Waals surface area contributed by atoms with Crippen LogP contribution in [0.1, 0.15) is 38.3 Å². The molecule has 5 heteroatoms. The van der Waals surface area contributed by atoms with E-state index < -0.39 is 10.0 Å². The minimum atomic E-state index is -3.44. The second kappa shape index (κ2) is 5.61. The van der Waals surface area contributed by atoms with E-state index in [1.165, 1.54) is 0 Å². The fourth-order valence-electron chi connectivity index (χ4n) is 2.89. The largest absolute Gasteiger partial charge is 0.385 e. The zero-order valence-electron chi connectivity index (χ0n) is 13.6. The lowest BCUT2D eigenvalue weighted by Gasteiger charge is -2.15. The minimum Gasteiger partial charge on any atom is -0.385 e. The van der Waals surface area contributed by atoms with Gasteiger partial charge in [0.25, 0.3) is 0 Å². The van der Waals surface area contributed by atoms with Crippen LogP contribution in [-0.2, 0) is 10.0 Å². The maximum Gasteiger partial charge on any atom is 0.241 e. The molecular formula is C16H26N2O2S. The van der Waals surface area contributed by atoms with Gasteiger partial charge >= 0.3 is 0 Å². The summed E-state index contributed by atoms with van der Waals surface area (Å²) in [4.78, 5) is 0.419. The molecule has 0 aliphatic heterocycles. The number of nitrogens with one attached hydrogen (secondary N) is 2. The first-order valence-corrected chi connectivity index (χ1v) is 9.00. The van der Waals surface area contributed by atoms with E-state index in [-0.39, 0.29) is 5.41 Å². The summed E-state index contributed by atoms with van der Waals surface area (Å²) in [6, 6.07) is 3.79. The Balaban J connectivity index is 2.19. The third-order valence-corrected chi connectivity index (χ3v) is 6.08. The molecule has 1 aliphatic rings. The van der Waals surface area contributed by atoms with Gasteiger partial charge in [-0.25, -0.2) is 13.1 Å². The van der Waals surface area contributed by atoms with E-state index in [0.717, 1.165) is 29.8 Å². The predicted octanol–water partition coefficient (Wildman–Crippen LogP) is 3.06. The van der Waals surface area contributed by atoms with Crippen molar-refractivity contribution >= 4 is 15.7 Å². The fourth-order valence-corrected chi connectivity index (χ4v) is 4.42. The highest BCUT2D eigenvalue weighted by Crippen LogP contribution is 2.51. The Morgan fingerprint density at radius 3 is 2.19 bits per heavy atom. The summed E-state index contributed by atoms with van der Waals surface area (Å²) in [7, 11) is -3.44. The molecule has 1 atom stereocenters. The van der Waals surface area contributed by atoms with Crippen LogP contribution in [0, 0.1) is 25.2 Å². The van der Waals surface area contributed by atoms with E-state index in [4.69, 9.17) is 0 Å². The number of sulfonamides is 1. The molecule has 1 fully saturated rings. The van der Waals surface area contributed by atoms with Gasteiger partial charge in [-0.3, -0.25) is 0 Å². The van der Waals surface area contributed by atoms with Crippen LogP contribution in [0.15, 0.2) is 17.0 Å². The van der Waals surface area contributed by atoms with E-state index in [9.17, 15) is 8.42 Å². The molecule has 1 unspecified atom stereocenters. The normalized spacial score (nSPS) is 20.3. The van der Waals surface area contributed by atoms with Gasteiger partial charge in [-0.05, 0) is 61.8 Å². The Morgan fingerprint density at radius 1 is 1.24 bits per heavy atom. The molecule has 118 valence electrons. The predicted molar refractivity (Wildman–Crippen MR) is 87.2 cm³/mol. The van der Waals surface area contributed by atoms with E-state index in [1.54, 1.807) is 0 Å². The zero-order valence-corrected chi connectivity index (χ0v) is 14.4. The molecular weight excluding hydrogens is 284 g/mol. The van der Waals surface area contributed by atoms with Crippen LogP contribution in [0.2, 0.25) is 0 Å². The summed E-state index contributed by atoms with van der Waals surface area (Å²) >= 11 is 0. The standard InChI is InChI=1S/C16H26N2O2S/c1-6-17-14-7-11(2)15(12(3)8-14)21(19,20)18-10-13-9-16(13,4)5/h7-8,13,17-18H,6,9-10H2,1-5H3. The Bertz CT molecular complexity index is 613. The van der Waals surface area contributed by atoms with Gasteiger partial charge < -0.3 is 5.32 Å². The second-order valence-electron chi connectivity index (χ2n) is 6.71. The third kappa shape index (κ3) is 3.58. The number of hydrogen-bond donors (Lipinski definition) is 2. The Hall–Kier alpha value is -1.07. The maximum absolute atomic E-state index is 12.6. The zero-order chi connectivity index (χ0) is 15.8. The van der Waals surface area contributed by atoms with Crippen LogP contribution in [0.25, 0.3) is 0 Å². The first-order chi connectivity index (χ1) is 9.67. The van der Waals surface area contributed by atoms with Crippen molar-refractivity contribution in [3.63, 3.8) is 0 Å². The van der Waals surface area contributed by atoms with Gasteiger partial charge in [0.05, 0.1) is 4.90 Å². The summed E-state index contributed by atoms with van der Waals surface area (Å²) in [5.74, 6) is 0.453. The Labute approximate surface area is 128 Å². The highest BCUT2D eigenvalue weighted by atomic mass is 32.2. The number of rotatable bonds is 6. The molecule has 1 aliphatic carbocycles. The lowest BCUT2D eigenvalue weighted by Crippen LogP contribution is -2.28. The molecule has 21 heavy (non-hydrogen) atoms. The Morgan fingerprint density at radius 2 is 1.76 bits per heavy atom. The minimum absolute atomic E-state index is 0.279. The molecule has 2 rings (SSSR count). The van der Waals surface area contributed by atoms with Crippen LogP contribution in [0.4, 0.5) is 5.69 Å². The van der Waals surface area contributed by atoms with Crippen molar-refractivity contribution in [2.75, 3.05) is 18.4 Å². The highest BCUT2D eigenvalue weighted by Gasteiger charge is 2.45. The van der Waals surface area contributed by atoms with Gasteiger partial charge in [0, 0.05) is 18.8 Å². The smallest absolute Gasteiger partial charge is 0.241 e. The lowest BCUT2D eigenvalue weighted by atomic mass is 10.1. The second-order valence-corrected chi connectivity index (χ2v) is 8.41. The molecule has 4 nitrogen and oxygen atoms in total. The summed E-state index contributed by atoms with van der Waals surface area (Å²) in [5.41, 5.74) is 2.82. The molecule has 1 aromatic carbocycles. The van der Waals surface area contributed by atoms with Gasteiger partial charge in [-0.2, -0.15) is 0 Å². The number of aryl methyl sites for hydroxylation is 2. The first-order valence-electron chi connectivity index (χ1n) is 7.52. The maximum atomic E-state index is 12.6. The molecule has 1 aromatic rings. The average molecular weight is 310 g/mol. The summed E-state index contributed by atoms with van der Waals surface area (Å²) in [6.07, 6.45) is 1.09. The average Bonchev–Trinajstić information content (AvgIpc) is 2.94. The van der Waals surface area contributed by atoms with E-state index in [2.05, 4.69) is 23.9 Å². The molecule has 0 radical (unpaired) electrons. The van der Waals surface area contributed by atoms with Crippen LogP contribution < -0.4 is 10.0 Å². The molecule has 0 saturated heterocycles. The topological polar surface area (TPSA) is 58.2 Å². The molecule has 0 bridgehead atoms. The molecule has 0 amide bonds. The van der Waals surface area contributed by atoms with E-state index in [0.29, 0.717) is 17.4 Å². The molecule has 0 heterocycles. The highest BCUT2D eigenvalue weighted by molar-refractivity contribution is 7.89. The van der Waals surface area contributed by atoms with Gasteiger partial charge in [-0.1, -0.05) is 13.8 Å². The summed E-state index contributed by atoms with van der Waals surface area (Å²) in [5, 5.41) is 3.22. The number of anilines is 1. The van der Waals surface area contributed by atoms with Crippen molar-refractivity contribution in [1.29, 1.82) is 0 Å². The monoisotopic (exact) mass is 310 g/mol. The molecule has 0 spiro atoms. The lowest BCUT2D eigenvalue weighted by molar-refractivity contribution is 0.537. The number of benzene rings is 1. The van der Waals surface area contributed by atoms with Crippen molar-refractivity contribution in [2.45, 2.75) is 45.9 Å². The van der Waals surface area contributed by atoms with Gasteiger partial charge in [0.2, 0.25) is 10.0 Å². The molecule has 0 aromatic heterocycles. The van der Waals surface area contributed by atoms with E-state index in [1.807, 2.05) is 32.9 Å². The molecule has 2 N–H and O–H groups in total. The van der Waals surface area contributed by atoms with Crippen LogP contribution in [-0.4, -0.2) is 21.5 Å². The van der Waals surface area contributed by atoms with Gasteiger partial charge in [0.15, 0.2) is 0 Å². The SMILES string of the molecule is CCNc1cc(C)c(S(=O)(=O)NCC2CC2(C)C)c(C)c1. The van der Waals surface area contributed by atoms with Crippen molar-refractivity contribution in [2.24, 2.45) is 11.3 Å². The first kappa shape index (κ1) is 16.3. The van der Waals surface area contributed by atoms with Crippen LogP contribution in [0.5, 0.6) is 0 Å². The molecule has 1 saturated carbocycles. The van der Waals surface area contributed by atoms with Crippen molar-refractivity contribution in [3.8, 4) is 0 Å². The van der Waals surface area contributed by atoms with Crippen LogP contribution >= 0.6 is 0 Å². The number of hydrogen-bond acceptors (Lipinski definition) is 3. The Kier molecular flexibility index (Phi) is 4.36. The van der Waals surface area contributed by atoms with Gasteiger partial charge in [0.1, 0.15) is 0 Å². The quantitative estimate of drug-likeness (QED) is 0.849. The fraction of sp³-hybridized carbons (Fsp3) is 0.625. The van der Waals surface area contributed by atoms with Crippen molar-refractivity contribution < 1.29 is 8.42 Å². The van der Waals surface area contributed by atoms with Crippen molar-refractivity contribution in [3.05, 3.63) is 23.3 Å². The summed E-state index contributed by atoms with van der Waals surface area (Å²) < 4.78 is 27.9. The third-order valence-electron chi connectivity index (χ3n) is 4.35. The van der Waals surface area contributed by atoms with Crippen molar-refractivity contribution in [1.82, 2.24) is 4.72 Å². The van der Waals surface area contributed by atoms with Gasteiger partial charge in [-0.15, -0.1) is 0 Å². The van der Waals surface area contributed by atoms with E-state index >= 15 is 0 Å². The van der Waals surface area contributed by atoms with Crippen LogP contribution in [0.3, 0.4) is 0 Å².